The maximum atomic E-state index is 13.2. The van der Waals surface area contributed by atoms with Gasteiger partial charge in [-0.25, -0.2) is 4.39 Å². The molecule has 25 heavy (non-hydrogen) atoms. The summed E-state index contributed by atoms with van der Waals surface area (Å²) in [5, 5.41) is 2.58. The second kappa shape index (κ2) is 7.27. The van der Waals surface area contributed by atoms with Gasteiger partial charge in [0.25, 0.3) is 5.91 Å². The highest BCUT2D eigenvalue weighted by Gasteiger charge is 2.34. The Morgan fingerprint density at radius 1 is 1.28 bits per heavy atom. The number of carbonyl (C=O) groups excluding carboxylic acids is 2. The van der Waals surface area contributed by atoms with Gasteiger partial charge in [-0.1, -0.05) is 12.1 Å². The number of thioether (sulfide) groups is 1. The zero-order chi connectivity index (χ0) is 18.0. The van der Waals surface area contributed by atoms with Gasteiger partial charge < -0.3 is 5.32 Å². The SMILES string of the molecule is CCNC(=O)c1ccc(N2C(=O)CSC2c2ccc(F)cc2)c(C)c1. The van der Waals surface area contributed by atoms with E-state index in [9.17, 15) is 14.0 Å². The number of hydrogen-bond donors (Lipinski definition) is 1. The monoisotopic (exact) mass is 358 g/mol. The standard InChI is InChI=1S/C19H19FN2O2S/c1-3-21-18(24)14-6-9-16(12(2)10-14)22-17(23)11-25-19(22)13-4-7-15(20)8-5-13/h4-10,19H,3,11H2,1-2H3,(H,21,24). The highest BCUT2D eigenvalue weighted by Crippen LogP contribution is 2.42. The van der Waals surface area contributed by atoms with E-state index in [0.29, 0.717) is 17.9 Å². The van der Waals surface area contributed by atoms with Crippen LogP contribution in [0.5, 0.6) is 0 Å². The van der Waals surface area contributed by atoms with E-state index in [1.165, 1.54) is 23.9 Å². The lowest BCUT2D eigenvalue weighted by Crippen LogP contribution is -2.29. The first-order chi connectivity index (χ1) is 12.0. The van der Waals surface area contributed by atoms with E-state index in [1.54, 1.807) is 35.2 Å². The van der Waals surface area contributed by atoms with Gasteiger partial charge in [-0.05, 0) is 55.3 Å². The Hall–Kier alpha value is -2.34. The molecule has 0 bridgehead atoms. The molecule has 2 aromatic rings. The Morgan fingerprint density at radius 3 is 2.64 bits per heavy atom. The summed E-state index contributed by atoms with van der Waals surface area (Å²) in [6, 6.07) is 11.5. The first kappa shape index (κ1) is 17.5. The predicted molar refractivity (Wildman–Crippen MR) is 98.3 cm³/mol. The molecule has 6 heteroatoms. The average Bonchev–Trinajstić information content (AvgIpc) is 2.97. The molecule has 1 unspecified atom stereocenters. The van der Waals surface area contributed by atoms with Crippen LogP contribution in [0.25, 0.3) is 0 Å². The molecule has 3 rings (SSSR count). The summed E-state index contributed by atoms with van der Waals surface area (Å²) in [5.41, 5.74) is 3.08. The lowest BCUT2D eigenvalue weighted by atomic mass is 10.1. The van der Waals surface area contributed by atoms with Crippen LogP contribution in [0.2, 0.25) is 0 Å². The van der Waals surface area contributed by atoms with Gasteiger partial charge in [0, 0.05) is 17.8 Å². The van der Waals surface area contributed by atoms with Gasteiger partial charge in [-0.15, -0.1) is 11.8 Å². The number of benzene rings is 2. The average molecular weight is 358 g/mol. The van der Waals surface area contributed by atoms with Gasteiger partial charge in [-0.3, -0.25) is 14.5 Å². The molecular weight excluding hydrogens is 339 g/mol. The summed E-state index contributed by atoms with van der Waals surface area (Å²) in [5.74, 6) is -0.0471. The maximum Gasteiger partial charge on any atom is 0.251 e. The van der Waals surface area contributed by atoms with Crippen LogP contribution < -0.4 is 10.2 Å². The molecule has 1 atom stereocenters. The number of nitrogens with zero attached hydrogens (tertiary/aromatic N) is 1. The van der Waals surface area contributed by atoms with Crippen LogP contribution in [-0.4, -0.2) is 24.1 Å². The number of aryl methyl sites for hydroxylation is 1. The molecule has 0 saturated carbocycles. The molecule has 0 radical (unpaired) electrons. The minimum absolute atomic E-state index is 0.00758. The van der Waals surface area contributed by atoms with Gasteiger partial charge in [0.15, 0.2) is 0 Å². The van der Waals surface area contributed by atoms with E-state index < -0.39 is 0 Å². The molecular formula is C19H19FN2O2S. The molecule has 0 spiro atoms. The van der Waals surface area contributed by atoms with Crippen LogP contribution >= 0.6 is 11.8 Å². The number of anilines is 1. The van der Waals surface area contributed by atoms with Gasteiger partial charge >= 0.3 is 0 Å². The molecule has 0 aliphatic carbocycles. The normalized spacial score (nSPS) is 17.0. The van der Waals surface area contributed by atoms with Crippen LogP contribution in [0.3, 0.4) is 0 Å². The third-order valence-electron chi connectivity index (χ3n) is 4.08. The first-order valence-corrected chi connectivity index (χ1v) is 9.14. The fourth-order valence-electron chi connectivity index (χ4n) is 2.89. The topological polar surface area (TPSA) is 49.4 Å². The molecule has 130 valence electrons. The van der Waals surface area contributed by atoms with E-state index in [4.69, 9.17) is 0 Å². The number of carbonyl (C=O) groups is 2. The molecule has 1 heterocycles. The van der Waals surface area contributed by atoms with E-state index >= 15 is 0 Å². The number of halogens is 1. The van der Waals surface area contributed by atoms with Crippen LogP contribution in [0.1, 0.15) is 33.8 Å². The highest BCUT2D eigenvalue weighted by atomic mass is 32.2. The van der Waals surface area contributed by atoms with Crippen molar-refractivity contribution in [2.45, 2.75) is 19.2 Å². The molecule has 0 aromatic heterocycles. The molecule has 2 aromatic carbocycles. The third kappa shape index (κ3) is 3.54. The van der Waals surface area contributed by atoms with E-state index in [0.717, 1.165) is 16.8 Å². The van der Waals surface area contributed by atoms with Crippen LogP contribution in [0, 0.1) is 12.7 Å². The summed E-state index contributed by atoms with van der Waals surface area (Å²) < 4.78 is 13.2. The minimum Gasteiger partial charge on any atom is -0.352 e. The number of nitrogens with one attached hydrogen (secondary N) is 1. The van der Waals surface area contributed by atoms with Crippen molar-refractivity contribution in [2.75, 3.05) is 17.2 Å². The lowest BCUT2D eigenvalue weighted by molar-refractivity contribution is -0.115. The predicted octanol–water partition coefficient (Wildman–Crippen LogP) is 3.66. The molecule has 1 N–H and O–H groups in total. The Morgan fingerprint density at radius 2 is 2.00 bits per heavy atom. The summed E-state index contributed by atoms with van der Waals surface area (Å²) in [6.07, 6.45) is 0. The second-order valence-corrected chi connectivity index (χ2v) is 6.91. The van der Waals surface area contributed by atoms with Gasteiger partial charge in [0.2, 0.25) is 5.91 Å². The van der Waals surface area contributed by atoms with Gasteiger partial charge in [0.1, 0.15) is 11.2 Å². The van der Waals surface area contributed by atoms with Crippen molar-refractivity contribution < 1.29 is 14.0 Å². The molecule has 1 aliphatic rings. The van der Waals surface area contributed by atoms with Crippen molar-refractivity contribution in [3.8, 4) is 0 Å². The van der Waals surface area contributed by atoms with Crippen LogP contribution in [0.4, 0.5) is 10.1 Å². The van der Waals surface area contributed by atoms with Crippen LogP contribution in [0.15, 0.2) is 42.5 Å². The summed E-state index contributed by atoms with van der Waals surface area (Å²) in [6.45, 7) is 4.32. The highest BCUT2D eigenvalue weighted by molar-refractivity contribution is 8.00. The summed E-state index contributed by atoms with van der Waals surface area (Å²) in [4.78, 5) is 26.2. The Balaban J connectivity index is 1.94. The summed E-state index contributed by atoms with van der Waals surface area (Å²) >= 11 is 1.51. The van der Waals surface area contributed by atoms with Gasteiger partial charge in [0.05, 0.1) is 5.75 Å². The van der Waals surface area contributed by atoms with Crippen molar-refractivity contribution in [3.05, 3.63) is 65.0 Å². The van der Waals surface area contributed by atoms with E-state index in [2.05, 4.69) is 5.32 Å². The van der Waals surface area contributed by atoms with Crippen molar-refractivity contribution in [1.29, 1.82) is 0 Å². The lowest BCUT2D eigenvalue weighted by Gasteiger charge is -2.26. The quantitative estimate of drug-likeness (QED) is 0.907. The zero-order valence-corrected chi connectivity index (χ0v) is 14.9. The Bertz CT molecular complexity index is 808. The van der Waals surface area contributed by atoms with Crippen molar-refractivity contribution >= 4 is 29.3 Å². The molecule has 1 fully saturated rings. The van der Waals surface area contributed by atoms with Crippen molar-refractivity contribution in [3.63, 3.8) is 0 Å². The van der Waals surface area contributed by atoms with Crippen LogP contribution in [-0.2, 0) is 4.79 Å². The van der Waals surface area contributed by atoms with Crippen molar-refractivity contribution in [2.24, 2.45) is 0 Å². The third-order valence-corrected chi connectivity index (χ3v) is 5.29. The van der Waals surface area contributed by atoms with E-state index in [-0.39, 0.29) is 23.0 Å². The Kier molecular flexibility index (Phi) is 5.08. The molecule has 4 nitrogen and oxygen atoms in total. The molecule has 1 saturated heterocycles. The molecule has 1 aliphatic heterocycles. The largest absolute Gasteiger partial charge is 0.352 e. The fraction of sp³-hybridized carbons (Fsp3) is 0.263. The minimum atomic E-state index is -0.299. The maximum absolute atomic E-state index is 13.2. The smallest absolute Gasteiger partial charge is 0.251 e. The van der Waals surface area contributed by atoms with Crippen molar-refractivity contribution in [1.82, 2.24) is 5.32 Å². The number of amides is 2. The zero-order valence-electron chi connectivity index (χ0n) is 14.1. The first-order valence-electron chi connectivity index (χ1n) is 8.09. The fourth-order valence-corrected chi connectivity index (χ4v) is 4.06. The molecule has 2 amide bonds. The summed E-state index contributed by atoms with van der Waals surface area (Å²) in [7, 11) is 0. The Labute approximate surface area is 150 Å². The number of hydrogen-bond acceptors (Lipinski definition) is 3. The second-order valence-electron chi connectivity index (χ2n) is 5.84. The van der Waals surface area contributed by atoms with E-state index in [1.807, 2.05) is 13.8 Å². The van der Waals surface area contributed by atoms with Gasteiger partial charge in [-0.2, -0.15) is 0 Å². The number of rotatable bonds is 4.